The minimum Gasteiger partial charge on any atom is -0.377 e. The van der Waals surface area contributed by atoms with Crippen molar-refractivity contribution in [1.29, 1.82) is 0 Å². The SMILES string of the molecule is CCCN1CCC(Nc2cc(F)c(Cl)cc2[N+](=O)[O-])CC1. The number of rotatable bonds is 5. The zero-order valence-electron chi connectivity index (χ0n) is 11.9. The number of anilines is 1. The number of halogens is 2. The van der Waals surface area contributed by atoms with E-state index < -0.39 is 10.7 Å². The summed E-state index contributed by atoms with van der Waals surface area (Å²) in [7, 11) is 0. The van der Waals surface area contributed by atoms with Crippen molar-refractivity contribution in [2.75, 3.05) is 25.0 Å². The second-order valence-electron chi connectivity index (χ2n) is 5.30. The largest absolute Gasteiger partial charge is 0.377 e. The van der Waals surface area contributed by atoms with Gasteiger partial charge in [0.15, 0.2) is 0 Å². The molecule has 0 radical (unpaired) electrons. The molecular formula is C14H19ClFN3O2. The topological polar surface area (TPSA) is 58.4 Å². The molecule has 2 rings (SSSR count). The fourth-order valence-electron chi connectivity index (χ4n) is 2.64. The second kappa shape index (κ2) is 7.04. The van der Waals surface area contributed by atoms with Gasteiger partial charge in [0.1, 0.15) is 11.5 Å². The minimum atomic E-state index is -0.645. The van der Waals surface area contributed by atoms with Gasteiger partial charge in [-0.05, 0) is 25.8 Å². The van der Waals surface area contributed by atoms with E-state index in [1.165, 1.54) is 0 Å². The molecule has 5 nitrogen and oxygen atoms in total. The van der Waals surface area contributed by atoms with Crippen molar-refractivity contribution in [3.63, 3.8) is 0 Å². The van der Waals surface area contributed by atoms with Gasteiger partial charge in [-0.2, -0.15) is 0 Å². The third-order valence-electron chi connectivity index (χ3n) is 3.72. The van der Waals surface area contributed by atoms with Crippen molar-refractivity contribution in [2.45, 2.75) is 32.2 Å². The number of likely N-dealkylation sites (tertiary alicyclic amines) is 1. The van der Waals surface area contributed by atoms with Crippen LogP contribution in [0.1, 0.15) is 26.2 Å². The highest BCUT2D eigenvalue weighted by atomic mass is 35.5. The number of nitro groups is 1. The third kappa shape index (κ3) is 4.04. The lowest BCUT2D eigenvalue weighted by molar-refractivity contribution is -0.384. The van der Waals surface area contributed by atoms with Crippen molar-refractivity contribution < 1.29 is 9.31 Å². The summed E-state index contributed by atoms with van der Waals surface area (Å²) in [4.78, 5) is 12.9. The molecule has 7 heteroatoms. The Labute approximate surface area is 128 Å². The van der Waals surface area contributed by atoms with Crippen molar-refractivity contribution in [1.82, 2.24) is 4.90 Å². The highest BCUT2D eigenvalue weighted by Crippen LogP contribution is 2.31. The Bertz CT molecular complexity index is 519. The van der Waals surface area contributed by atoms with Gasteiger partial charge in [0.25, 0.3) is 5.69 Å². The molecule has 1 aromatic carbocycles. The van der Waals surface area contributed by atoms with Crippen LogP contribution in [0, 0.1) is 15.9 Å². The van der Waals surface area contributed by atoms with Crippen LogP contribution in [0.3, 0.4) is 0 Å². The average Bonchev–Trinajstić information content (AvgIpc) is 2.44. The fraction of sp³-hybridized carbons (Fsp3) is 0.571. The smallest absolute Gasteiger partial charge is 0.294 e. The standard InChI is InChI=1S/C14H19ClFN3O2/c1-2-5-18-6-3-10(4-7-18)17-13-9-12(16)11(15)8-14(13)19(20)21/h8-10,17H,2-7H2,1H3. The van der Waals surface area contributed by atoms with Gasteiger partial charge in [0.05, 0.1) is 9.95 Å². The molecule has 0 bridgehead atoms. The van der Waals surface area contributed by atoms with Crippen LogP contribution in [0.4, 0.5) is 15.8 Å². The summed E-state index contributed by atoms with van der Waals surface area (Å²) in [5.74, 6) is -0.645. The van der Waals surface area contributed by atoms with Crippen molar-refractivity contribution in [3.05, 3.63) is 33.1 Å². The third-order valence-corrected chi connectivity index (χ3v) is 4.01. The van der Waals surface area contributed by atoms with Gasteiger partial charge in [-0.25, -0.2) is 4.39 Å². The molecule has 1 fully saturated rings. The zero-order chi connectivity index (χ0) is 15.4. The van der Waals surface area contributed by atoms with E-state index in [4.69, 9.17) is 11.6 Å². The molecule has 0 saturated carbocycles. The van der Waals surface area contributed by atoms with Gasteiger partial charge < -0.3 is 10.2 Å². The normalized spacial score (nSPS) is 16.9. The summed E-state index contributed by atoms with van der Waals surface area (Å²) in [5.41, 5.74) is 0.0215. The summed E-state index contributed by atoms with van der Waals surface area (Å²) in [6.45, 7) is 5.12. The minimum absolute atomic E-state index is 0.123. The van der Waals surface area contributed by atoms with E-state index in [1.807, 2.05) is 0 Å². The number of hydrogen-bond acceptors (Lipinski definition) is 4. The Hall–Kier alpha value is -1.40. The van der Waals surface area contributed by atoms with Crippen molar-refractivity contribution in [2.24, 2.45) is 0 Å². The lowest BCUT2D eigenvalue weighted by Gasteiger charge is -2.32. The number of nitrogens with zero attached hydrogens (tertiary/aromatic N) is 2. The maximum Gasteiger partial charge on any atom is 0.294 e. The molecule has 1 N–H and O–H groups in total. The summed E-state index contributed by atoms with van der Waals surface area (Å²) in [5, 5.41) is 13.9. The molecule has 0 aliphatic carbocycles. The Morgan fingerprint density at radius 1 is 1.48 bits per heavy atom. The highest BCUT2D eigenvalue weighted by Gasteiger charge is 2.23. The van der Waals surface area contributed by atoms with Gasteiger partial charge in [0.2, 0.25) is 0 Å². The fourth-order valence-corrected chi connectivity index (χ4v) is 2.80. The summed E-state index contributed by atoms with van der Waals surface area (Å²) in [6, 6.07) is 2.29. The number of benzene rings is 1. The predicted octanol–water partition coefficient (Wildman–Crippen LogP) is 3.67. The van der Waals surface area contributed by atoms with E-state index >= 15 is 0 Å². The predicted molar refractivity (Wildman–Crippen MR) is 81.4 cm³/mol. The van der Waals surface area contributed by atoms with E-state index in [1.54, 1.807) is 0 Å². The molecule has 0 amide bonds. The Morgan fingerprint density at radius 3 is 2.71 bits per heavy atom. The number of hydrogen-bond donors (Lipinski definition) is 1. The molecular weight excluding hydrogens is 297 g/mol. The molecule has 1 aromatic rings. The van der Waals surface area contributed by atoms with Crippen LogP contribution in [0.5, 0.6) is 0 Å². The number of piperidine rings is 1. The molecule has 0 spiro atoms. The van der Waals surface area contributed by atoms with Crippen molar-refractivity contribution >= 4 is 23.0 Å². The van der Waals surface area contributed by atoms with Gasteiger partial charge in [0, 0.05) is 31.3 Å². The molecule has 21 heavy (non-hydrogen) atoms. The van der Waals surface area contributed by atoms with Crippen LogP contribution in [0.25, 0.3) is 0 Å². The molecule has 1 saturated heterocycles. The van der Waals surface area contributed by atoms with Crippen molar-refractivity contribution in [3.8, 4) is 0 Å². The Kier molecular flexibility index (Phi) is 5.36. The van der Waals surface area contributed by atoms with Crippen LogP contribution >= 0.6 is 11.6 Å². The second-order valence-corrected chi connectivity index (χ2v) is 5.71. The van der Waals surface area contributed by atoms with Crippen LogP contribution < -0.4 is 5.32 Å². The quantitative estimate of drug-likeness (QED) is 0.665. The van der Waals surface area contributed by atoms with E-state index in [2.05, 4.69) is 17.1 Å². The number of nitro benzene ring substituents is 1. The van der Waals surface area contributed by atoms with Gasteiger partial charge in [-0.15, -0.1) is 0 Å². The maximum absolute atomic E-state index is 13.5. The van der Waals surface area contributed by atoms with Crippen LogP contribution in [-0.4, -0.2) is 35.5 Å². The van der Waals surface area contributed by atoms with Gasteiger partial charge >= 0.3 is 0 Å². The Morgan fingerprint density at radius 2 is 2.14 bits per heavy atom. The molecule has 0 unspecified atom stereocenters. The van der Waals surface area contributed by atoms with Gasteiger partial charge in [-0.1, -0.05) is 18.5 Å². The van der Waals surface area contributed by atoms with Crippen LogP contribution in [0.15, 0.2) is 12.1 Å². The molecule has 0 aromatic heterocycles. The van der Waals surface area contributed by atoms with E-state index in [0.29, 0.717) is 0 Å². The molecule has 116 valence electrons. The van der Waals surface area contributed by atoms with Crippen LogP contribution in [0.2, 0.25) is 5.02 Å². The first kappa shape index (κ1) is 16.0. The zero-order valence-corrected chi connectivity index (χ0v) is 12.7. The Balaban J connectivity index is 2.06. The van der Waals surface area contributed by atoms with E-state index in [0.717, 1.165) is 51.0 Å². The number of nitrogens with one attached hydrogen (secondary N) is 1. The lowest BCUT2D eigenvalue weighted by atomic mass is 10.0. The first-order valence-electron chi connectivity index (χ1n) is 7.13. The first-order chi connectivity index (χ1) is 10.0. The van der Waals surface area contributed by atoms with Crippen LogP contribution in [-0.2, 0) is 0 Å². The first-order valence-corrected chi connectivity index (χ1v) is 7.51. The maximum atomic E-state index is 13.5. The molecule has 1 heterocycles. The average molecular weight is 316 g/mol. The summed E-state index contributed by atoms with van der Waals surface area (Å²) in [6.07, 6.45) is 2.90. The monoisotopic (exact) mass is 315 g/mol. The summed E-state index contributed by atoms with van der Waals surface area (Å²) < 4.78 is 13.5. The highest BCUT2D eigenvalue weighted by molar-refractivity contribution is 6.31. The van der Waals surface area contributed by atoms with E-state index in [9.17, 15) is 14.5 Å². The molecule has 1 aliphatic rings. The lowest BCUT2D eigenvalue weighted by Crippen LogP contribution is -2.39. The summed E-state index contributed by atoms with van der Waals surface area (Å²) >= 11 is 5.61. The molecule has 0 atom stereocenters. The van der Waals surface area contributed by atoms with Gasteiger partial charge in [-0.3, -0.25) is 10.1 Å². The molecule has 1 aliphatic heterocycles. The van der Waals surface area contributed by atoms with E-state index in [-0.39, 0.29) is 22.4 Å².